The fourth-order valence-electron chi connectivity index (χ4n) is 2.11. The average Bonchev–Trinajstić information content (AvgIpc) is 2.83. The predicted octanol–water partition coefficient (Wildman–Crippen LogP) is 2.36. The monoisotopic (exact) mass is 219 g/mol. The Balaban J connectivity index is 1.52. The van der Waals surface area contributed by atoms with E-state index in [4.69, 9.17) is 0 Å². The minimum absolute atomic E-state index is 0.627. The number of unbranched alkanes of at least 4 members (excludes halogenated alkanes) is 1. The number of nitrogens with zero attached hydrogens (tertiary/aromatic N) is 2. The predicted molar refractivity (Wildman–Crippen MR) is 66.2 cm³/mol. The lowest BCUT2D eigenvalue weighted by Gasteiger charge is -2.17. The van der Waals surface area contributed by atoms with Gasteiger partial charge in [-0.3, -0.25) is 0 Å². The Morgan fingerprint density at radius 3 is 3.12 bits per heavy atom. The maximum atomic E-state index is 4.03. The van der Waals surface area contributed by atoms with Gasteiger partial charge in [0, 0.05) is 25.0 Å². The van der Waals surface area contributed by atoms with E-state index in [1.807, 2.05) is 18.7 Å². The summed E-state index contributed by atoms with van der Waals surface area (Å²) in [4.78, 5) is 4.03. The molecule has 0 saturated carbocycles. The maximum Gasteiger partial charge on any atom is 0.0945 e. The first-order valence-electron chi connectivity index (χ1n) is 6.31. The van der Waals surface area contributed by atoms with Crippen molar-refractivity contribution in [3.63, 3.8) is 0 Å². The van der Waals surface area contributed by atoms with Crippen molar-refractivity contribution in [3.8, 4) is 0 Å². The lowest BCUT2D eigenvalue weighted by Crippen LogP contribution is -2.29. The van der Waals surface area contributed by atoms with Gasteiger partial charge in [-0.1, -0.05) is 12.2 Å². The molecule has 88 valence electrons. The number of hydrogen-bond acceptors (Lipinski definition) is 2. The number of hydrogen-bond donors (Lipinski definition) is 1. The van der Waals surface area contributed by atoms with Crippen LogP contribution in [0.2, 0.25) is 0 Å². The molecule has 1 N–H and O–H groups in total. The number of aromatic nitrogens is 2. The average molecular weight is 219 g/mol. The molecule has 1 unspecified atom stereocenters. The highest BCUT2D eigenvalue weighted by Gasteiger charge is 2.05. The van der Waals surface area contributed by atoms with Gasteiger partial charge in [0.2, 0.25) is 0 Å². The van der Waals surface area contributed by atoms with Crippen LogP contribution >= 0.6 is 0 Å². The lowest BCUT2D eigenvalue weighted by molar-refractivity contribution is 0.496. The maximum absolute atomic E-state index is 4.03. The van der Waals surface area contributed by atoms with Gasteiger partial charge in [0.05, 0.1) is 6.33 Å². The van der Waals surface area contributed by atoms with Gasteiger partial charge >= 0.3 is 0 Å². The van der Waals surface area contributed by atoms with E-state index in [1.54, 1.807) is 0 Å². The zero-order chi connectivity index (χ0) is 11.1. The molecule has 0 spiro atoms. The number of rotatable bonds is 6. The SMILES string of the molecule is C1=CC(NCCCCn2ccnc2)CCC1. The van der Waals surface area contributed by atoms with Crippen LogP contribution < -0.4 is 5.32 Å². The first kappa shape index (κ1) is 11.4. The molecular formula is C13H21N3. The van der Waals surface area contributed by atoms with E-state index >= 15 is 0 Å². The summed E-state index contributed by atoms with van der Waals surface area (Å²) in [7, 11) is 0. The van der Waals surface area contributed by atoms with Crippen LogP contribution in [-0.2, 0) is 6.54 Å². The number of nitrogens with one attached hydrogen (secondary N) is 1. The van der Waals surface area contributed by atoms with Crippen molar-refractivity contribution in [1.29, 1.82) is 0 Å². The molecule has 1 aliphatic rings. The second kappa shape index (κ2) is 6.48. The summed E-state index contributed by atoms with van der Waals surface area (Å²) < 4.78 is 2.14. The van der Waals surface area contributed by atoms with Gasteiger partial charge in [-0.2, -0.15) is 0 Å². The molecule has 1 aliphatic carbocycles. The quantitative estimate of drug-likeness (QED) is 0.588. The first-order valence-corrected chi connectivity index (χ1v) is 6.31. The van der Waals surface area contributed by atoms with E-state index < -0.39 is 0 Å². The molecule has 2 rings (SSSR count). The lowest BCUT2D eigenvalue weighted by atomic mass is 10.0. The van der Waals surface area contributed by atoms with Crippen molar-refractivity contribution in [2.75, 3.05) is 6.54 Å². The molecule has 0 radical (unpaired) electrons. The van der Waals surface area contributed by atoms with Gasteiger partial charge in [0.25, 0.3) is 0 Å². The molecule has 1 heterocycles. The molecule has 1 aromatic heterocycles. The standard InChI is InChI=1S/C13H21N3/c1-2-6-13(7-3-1)15-8-4-5-10-16-11-9-14-12-16/h2,6,9,11-13,15H,1,3-5,7-8,10H2. The van der Waals surface area contributed by atoms with E-state index in [2.05, 4.69) is 27.0 Å². The van der Waals surface area contributed by atoms with Crippen LogP contribution in [0.25, 0.3) is 0 Å². The molecule has 3 heteroatoms. The summed E-state index contributed by atoms with van der Waals surface area (Å²) in [5.74, 6) is 0. The highest BCUT2D eigenvalue weighted by molar-refractivity contribution is 4.97. The Kier molecular flexibility index (Phi) is 4.62. The van der Waals surface area contributed by atoms with Crippen molar-refractivity contribution in [2.45, 2.75) is 44.7 Å². The molecule has 1 aromatic rings. The normalized spacial score (nSPS) is 20.1. The summed E-state index contributed by atoms with van der Waals surface area (Å²) >= 11 is 0. The van der Waals surface area contributed by atoms with Crippen LogP contribution in [0.3, 0.4) is 0 Å². The molecule has 3 nitrogen and oxygen atoms in total. The fraction of sp³-hybridized carbons (Fsp3) is 0.615. The van der Waals surface area contributed by atoms with Gasteiger partial charge in [0.15, 0.2) is 0 Å². The minimum Gasteiger partial charge on any atom is -0.337 e. The summed E-state index contributed by atoms with van der Waals surface area (Å²) in [5, 5.41) is 3.59. The Labute approximate surface area is 97.6 Å². The first-order chi connectivity index (χ1) is 7.95. The summed E-state index contributed by atoms with van der Waals surface area (Å²) in [6.07, 6.45) is 16.7. The molecule has 0 fully saturated rings. The van der Waals surface area contributed by atoms with Gasteiger partial charge in [-0.05, 0) is 38.6 Å². The third-order valence-electron chi connectivity index (χ3n) is 3.06. The third-order valence-corrected chi connectivity index (χ3v) is 3.06. The second-order valence-corrected chi connectivity index (χ2v) is 4.43. The molecular weight excluding hydrogens is 198 g/mol. The van der Waals surface area contributed by atoms with Crippen LogP contribution in [0.1, 0.15) is 32.1 Å². The second-order valence-electron chi connectivity index (χ2n) is 4.43. The Morgan fingerprint density at radius 2 is 2.38 bits per heavy atom. The van der Waals surface area contributed by atoms with Crippen molar-refractivity contribution in [3.05, 3.63) is 30.9 Å². The van der Waals surface area contributed by atoms with E-state index in [0.29, 0.717) is 6.04 Å². The van der Waals surface area contributed by atoms with Crippen molar-refractivity contribution >= 4 is 0 Å². The molecule has 0 saturated heterocycles. The molecule has 16 heavy (non-hydrogen) atoms. The Morgan fingerprint density at radius 1 is 1.38 bits per heavy atom. The third kappa shape index (κ3) is 3.81. The minimum atomic E-state index is 0.627. The Hall–Kier alpha value is -1.09. The molecule has 0 amide bonds. The van der Waals surface area contributed by atoms with Gasteiger partial charge in [-0.25, -0.2) is 4.98 Å². The van der Waals surface area contributed by atoms with Crippen molar-refractivity contribution < 1.29 is 0 Å². The van der Waals surface area contributed by atoms with Crippen molar-refractivity contribution in [2.24, 2.45) is 0 Å². The molecule has 0 aromatic carbocycles. The zero-order valence-electron chi connectivity index (χ0n) is 9.81. The molecule has 0 bridgehead atoms. The topological polar surface area (TPSA) is 29.9 Å². The number of aryl methyl sites for hydroxylation is 1. The fourth-order valence-corrected chi connectivity index (χ4v) is 2.11. The van der Waals surface area contributed by atoms with Crippen LogP contribution in [-0.4, -0.2) is 22.1 Å². The number of allylic oxidation sites excluding steroid dienone is 1. The van der Waals surface area contributed by atoms with Crippen molar-refractivity contribution in [1.82, 2.24) is 14.9 Å². The Bertz CT molecular complexity index is 303. The van der Waals surface area contributed by atoms with Crippen LogP contribution in [0.4, 0.5) is 0 Å². The summed E-state index contributed by atoms with van der Waals surface area (Å²) in [5.41, 5.74) is 0. The highest BCUT2D eigenvalue weighted by atomic mass is 15.0. The van der Waals surface area contributed by atoms with Gasteiger partial charge in [0.1, 0.15) is 0 Å². The zero-order valence-corrected chi connectivity index (χ0v) is 9.81. The molecule has 0 aliphatic heterocycles. The van der Waals surface area contributed by atoms with E-state index in [-0.39, 0.29) is 0 Å². The van der Waals surface area contributed by atoms with Gasteiger partial charge in [-0.15, -0.1) is 0 Å². The largest absolute Gasteiger partial charge is 0.337 e. The molecule has 1 atom stereocenters. The summed E-state index contributed by atoms with van der Waals surface area (Å²) in [6.45, 7) is 2.21. The van der Waals surface area contributed by atoms with Crippen LogP contribution in [0.5, 0.6) is 0 Å². The van der Waals surface area contributed by atoms with E-state index in [1.165, 1.54) is 32.1 Å². The van der Waals surface area contributed by atoms with Gasteiger partial charge < -0.3 is 9.88 Å². The van der Waals surface area contributed by atoms with Crippen LogP contribution in [0.15, 0.2) is 30.9 Å². The number of imidazole rings is 1. The van der Waals surface area contributed by atoms with E-state index in [0.717, 1.165) is 13.1 Å². The summed E-state index contributed by atoms with van der Waals surface area (Å²) in [6, 6.07) is 0.627. The highest BCUT2D eigenvalue weighted by Crippen LogP contribution is 2.09. The van der Waals surface area contributed by atoms with Crippen LogP contribution in [0, 0.1) is 0 Å². The van der Waals surface area contributed by atoms with E-state index in [9.17, 15) is 0 Å². The smallest absolute Gasteiger partial charge is 0.0945 e.